The van der Waals surface area contributed by atoms with Crippen molar-refractivity contribution in [3.8, 4) is 0 Å². The van der Waals surface area contributed by atoms with Crippen molar-refractivity contribution in [2.45, 2.75) is 52.3 Å². The van der Waals surface area contributed by atoms with E-state index in [9.17, 15) is 9.59 Å². The molecule has 0 atom stereocenters. The zero-order valence-corrected chi connectivity index (χ0v) is 12.3. The molecule has 5 heteroatoms. The topological polar surface area (TPSA) is 78.4 Å². The molecule has 0 heterocycles. The lowest BCUT2D eigenvalue weighted by Gasteiger charge is -2.07. The second-order valence-electron chi connectivity index (χ2n) is 4.69. The smallest absolute Gasteiger partial charge is 0.243 e. The number of carbonyl (C=O) groups excluding carboxylic acids is 2. The van der Waals surface area contributed by atoms with Gasteiger partial charge < -0.3 is 5.31 Å². The highest BCUT2D eigenvalue weighted by Gasteiger charge is 2.04. The number of nitrogens with one attached hydrogen (secondary N) is 2. The van der Waals surface area contributed by atoms with Gasteiger partial charge >= 0.3 is 0 Å². The number of anilines is 1. The fourth-order valence-electron chi connectivity index (χ4n) is 1.64. The highest BCUT2D eigenvalue weighted by molar-refractivity contribution is 5.90. The van der Waals surface area contributed by atoms with E-state index in [2.05, 4.69) is 0 Å². The van der Waals surface area contributed by atoms with Crippen LogP contribution >= 0.6 is 0 Å². The van der Waals surface area contributed by atoms with Crippen molar-refractivity contribution in [1.29, 1.82) is 0 Å². The molecule has 2 amide bonds. The summed E-state index contributed by atoms with van der Waals surface area (Å²) in [6.07, 6.45) is -4.68. The van der Waals surface area contributed by atoms with Crippen LogP contribution in [-0.4, -0.2) is 17.0 Å². The average molecular weight is 297 g/mol. The summed E-state index contributed by atoms with van der Waals surface area (Å²) in [7, 11) is 0. The lowest BCUT2D eigenvalue weighted by atomic mass is 10.1. The number of hydroxylamine groups is 1. The first kappa shape index (κ1) is 10.8. The molecular weight excluding hydrogens is 268 g/mol. The summed E-state index contributed by atoms with van der Waals surface area (Å²) in [4.78, 5) is 23.4. The molecule has 0 unspecified atom stereocenters. The van der Waals surface area contributed by atoms with Gasteiger partial charge in [0.1, 0.15) is 0 Å². The van der Waals surface area contributed by atoms with Crippen LogP contribution in [-0.2, 0) is 9.59 Å². The molecule has 0 aliphatic heterocycles. The molecule has 0 saturated heterocycles. The van der Waals surface area contributed by atoms with E-state index in [4.69, 9.17) is 12.1 Å². The van der Waals surface area contributed by atoms with Gasteiger partial charge in [0.05, 0.1) is 0 Å². The van der Waals surface area contributed by atoms with E-state index in [1.54, 1.807) is 18.2 Å². The highest BCUT2D eigenvalue weighted by Crippen LogP contribution is 2.15. The monoisotopic (exact) mass is 297 g/mol. The Kier molecular flexibility index (Phi) is 4.69. The Morgan fingerprint density at radius 3 is 2.29 bits per heavy atom. The van der Waals surface area contributed by atoms with E-state index >= 15 is 0 Å². The van der Waals surface area contributed by atoms with E-state index in [1.807, 2.05) is 13.8 Å². The number of benzene rings is 1. The van der Waals surface area contributed by atoms with Crippen molar-refractivity contribution in [1.82, 2.24) is 5.48 Å². The molecule has 0 fully saturated rings. The maximum absolute atomic E-state index is 12.3. The summed E-state index contributed by atoms with van der Waals surface area (Å²) in [5, 5.41) is 9.00. The summed E-state index contributed by atoms with van der Waals surface area (Å²) < 4.78 is 38.6. The molecular formula is C16H24N2O3. The van der Waals surface area contributed by atoms with Gasteiger partial charge in [0.25, 0.3) is 0 Å². The largest absolute Gasteiger partial charge is 0.326 e. The van der Waals surface area contributed by atoms with Crippen LogP contribution in [0.3, 0.4) is 0 Å². The quantitative estimate of drug-likeness (QED) is 0.392. The van der Waals surface area contributed by atoms with Crippen molar-refractivity contribution in [2.75, 3.05) is 5.31 Å². The van der Waals surface area contributed by atoms with Gasteiger partial charge in [-0.1, -0.05) is 18.9 Å². The van der Waals surface area contributed by atoms with Gasteiger partial charge in [0.15, 0.2) is 1.41 Å². The summed E-state index contributed by atoms with van der Waals surface area (Å²) in [6, 6.07) is 4.97. The van der Waals surface area contributed by atoms with Crippen LogP contribution in [0.15, 0.2) is 18.2 Å². The van der Waals surface area contributed by atoms with Gasteiger partial charge in [-0.15, -0.1) is 0 Å². The van der Waals surface area contributed by atoms with Gasteiger partial charge in [-0.2, -0.15) is 0 Å². The van der Waals surface area contributed by atoms with Crippen LogP contribution in [0.1, 0.15) is 55.0 Å². The molecule has 0 aliphatic carbocycles. The molecule has 1 aromatic carbocycles. The van der Waals surface area contributed by atoms with Crippen LogP contribution in [0, 0.1) is 13.8 Å². The summed E-state index contributed by atoms with van der Waals surface area (Å²) in [5.74, 6) is -2.17. The van der Waals surface area contributed by atoms with Crippen molar-refractivity contribution >= 4 is 17.5 Å². The van der Waals surface area contributed by atoms with E-state index in [1.165, 1.54) is 5.48 Å². The van der Waals surface area contributed by atoms with E-state index < -0.39 is 24.6 Å². The van der Waals surface area contributed by atoms with Gasteiger partial charge in [-0.05, 0) is 49.9 Å². The predicted molar refractivity (Wildman–Crippen MR) is 82.2 cm³/mol. The summed E-state index contributed by atoms with van der Waals surface area (Å²) in [6.45, 7) is 3.73. The minimum Gasteiger partial charge on any atom is -0.326 e. The van der Waals surface area contributed by atoms with E-state index in [-0.39, 0.29) is 31.4 Å². The standard InChI is InChI=1S/C16H24N2O3/c1-12-9-10-14(11-13(12)2)17-15(19)7-5-3-4-6-8-16(20)18-21/h9-11,21H,3-8H2,1-2H3,(H,17,19)(H,18,20)/i7D2,8D2/hD. The number of amides is 2. The van der Waals surface area contributed by atoms with Crippen molar-refractivity contribution in [3.05, 3.63) is 29.3 Å². The molecule has 116 valence electrons. The summed E-state index contributed by atoms with van der Waals surface area (Å²) in [5.41, 5.74) is 3.41. The molecule has 5 nitrogen and oxygen atoms in total. The molecule has 3 N–H and O–H groups in total. The molecule has 1 rings (SSSR count). The first-order valence-electron chi connectivity index (χ1n) is 9.22. The predicted octanol–water partition coefficient (Wildman–Crippen LogP) is 3.09. The van der Waals surface area contributed by atoms with Crippen LogP contribution in [0.5, 0.6) is 0 Å². The second kappa shape index (κ2) is 9.13. The Labute approximate surface area is 132 Å². The molecule has 0 radical (unpaired) electrons. The van der Waals surface area contributed by atoms with Crippen molar-refractivity contribution in [2.24, 2.45) is 0 Å². The molecule has 0 aliphatic rings. The fraction of sp³-hybridized carbons (Fsp3) is 0.500. The SMILES string of the molecule is [2H]N(C(=O)C([2H])([2H])CCCCC([2H])([2H])C(=O)NO)c1ccc(C)c(C)c1. The highest BCUT2D eigenvalue weighted by atomic mass is 16.5. The van der Waals surface area contributed by atoms with Crippen LogP contribution in [0.2, 0.25) is 1.41 Å². The fourth-order valence-corrected chi connectivity index (χ4v) is 1.64. The van der Waals surface area contributed by atoms with Gasteiger partial charge in [0.2, 0.25) is 11.8 Å². The number of carbonyl (C=O) groups is 2. The first-order valence-corrected chi connectivity index (χ1v) is 6.77. The average Bonchev–Trinajstić information content (AvgIpc) is 2.59. The number of hydrogen-bond acceptors (Lipinski definition) is 3. The molecule has 0 aromatic heterocycles. The lowest BCUT2D eigenvalue weighted by molar-refractivity contribution is -0.129. The van der Waals surface area contributed by atoms with E-state index in [0.29, 0.717) is 5.31 Å². The van der Waals surface area contributed by atoms with Crippen molar-refractivity contribution in [3.63, 3.8) is 0 Å². The number of aryl methyl sites for hydroxylation is 2. The van der Waals surface area contributed by atoms with E-state index in [0.717, 1.165) is 11.1 Å². The zero-order chi connectivity index (χ0) is 20.1. The Morgan fingerprint density at radius 1 is 1.10 bits per heavy atom. The third kappa shape index (κ3) is 6.90. The normalized spacial score (nSPS) is 15.1. The first-order chi connectivity index (χ1) is 11.9. The Balaban J connectivity index is 2.64. The third-order valence-corrected chi connectivity index (χ3v) is 2.99. The Hall–Kier alpha value is -1.88. The molecule has 21 heavy (non-hydrogen) atoms. The van der Waals surface area contributed by atoms with Crippen LogP contribution < -0.4 is 10.8 Å². The molecule has 0 spiro atoms. The Bertz CT molecular complexity index is 667. The lowest BCUT2D eigenvalue weighted by Crippen LogP contribution is -2.17. The maximum atomic E-state index is 12.3. The summed E-state index contributed by atoms with van der Waals surface area (Å²) >= 11 is 0. The number of rotatable bonds is 8. The number of hydrogen-bond donors (Lipinski definition) is 3. The van der Waals surface area contributed by atoms with Gasteiger partial charge in [-0.25, -0.2) is 5.48 Å². The Morgan fingerprint density at radius 2 is 1.71 bits per heavy atom. The van der Waals surface area contributed by atoms with Crippen LogP contribution in [0.4, 0.5) is 5.69 Å². The minimum atomic E-state index is -2.29. The minimum absolute atomic E-state index is 0.148. The van der Waals surface area contributed by atoms with Crippen LogP contribution in [0.25, 0.3) is 0 Å². The van der Waals surface area contributed by atoms with Gasteiger partial charge in [-0.3, -0.25) is 14.8 Å². The number of unbranched alkanes of at least 4 members (excludes halogenated alkanes) is 1. The molecule has 0 bridgehead atoms. The van der Waals surface area contributed by atoms with Gasteiger partial charge in [0, 0.05) is 23.9 Å². The molecule has 0 saturated carbocycles. The second-order valence-corrected chi connectivity index (χ2v) is 4.69. The maximum Gasteiger partial charge on any atom is 0.243 e. The third-order valence-electron chi connectivity index (χ3n) is 2.99. The van der Waals surface area contributed by atoms with Crippen molar-refractivity contribution < 1.29 is 21.7 Å². The zero-order valence-electron chi connectivity index (χ0n) is 17.3. The molecule has 1 aromatic rings.